The Balaban J connectivity index is 1.93. The van der Waals surface area contributed by atoms with Crippen LogP contribution >= 0.6 is 0 Å². The van der Waals surface area contributed by atoms with Gasteiger partial charge in [-0.1, -0.05) is 0 Å². The Morgan fingerprint density at radius 2 is 2.15 bits per heavy atom. The lowest BCUT2D eigenvalue weighted by atomic mass is 9.88. The maximum atomic E-state index is 11.5. The first-order valence-electron chi connectivity index (χ1n) is 5.18. The van der Waals surface area contributed by atoms with Crippen LogP contribution in [0.5, 0.6) is 0 Å². The van der Waals surface area contributed by atoms with E-state index >= 15 is 0 Å². The highest BCUT2D eigenvalue weighted by Crippen LogP contribution is 2.49. The van der Waals surface area contributed by atoms with Crippen molar-refractivity contribution in [3.05, 3.63) is 0 Å². The molecule has 3 fully saturated rings. The lowest BCUT2D eigenvalue weighted by molar-refractivity contribution is -0.122. The fourth-order valence-corrected chi connectivity index (χ4v) is 3.07. The number of nitrogens with one attached hydrogen (secondary N) is 1. The van der Waals surface area contributed by atoms with Gasteiger partial charge in [0, 0.05) is 12.1 Å². The van der Waals surface area contributed by atoms with E-state index in [4.69, 9.17) is 4.74 Å². The number of hydrogen-bond acceptors (Lipinski definition) is 3. The summed E-state index contributed by atoms with van der Waals surface area (Å²) < 4.78 is 5.62. The Morgan fingerprint density at radius 3 is 2.92 bits per heavy atom. The third-order valence-electron chi connectivity index (χ3n) is 3.84. The zero-order valence-electron chi connectivity index (χ0n) is 7.88. The molecule has 3 heteroatoms. The second kappa shape index (κ2) is 2.34. The third-order valence-corrected chi connectivity index (χ3v) is 3.84. The lowest BCUT2D eigenvalue weighted by Crippen LogP contribution is -2.44. The summed E-state index contributed by atoms with van der Waals surface area (Å²) in [6, 6.07) is 0.958. The quantitative estimate of drug-likeness (QED) is 0.603. The first kappa shape index (κ1) is 7.94. The van der Waals surface area contributed by atoms with Gasteiger partial charge in [-0.2, -0.15) is 0 Å². The van der Waals surface area contributed by atoms with Gasteiger partial charge in [-0.3, -0.25) is 4.79 Å². The van der Waals surface area contributed by atoms with E-state index < -0.39 is 5.60 Å². The smallest absolute Gasteiger partial charge is 0.167 e. The average Bonchev–Trinajstić information content (AvgIpc) is 2.64. The molecule has 0 saturated carbocycles. The van der Waals surface area contributed by atoms with Gasteiger partial charge in [-0.25, -0.2) is 0 Å². The van der Waals surface area contributed by atoms with Crippen molar-refractivity contribution in [3.8, 4) is 0 Å². The van der Waals surface area contributed by atoms with E-state index in [1.807, 2.05) is 0 Å². The van der Waals surface area contributed by atoms with Gasteiger partial charge in [-0.15, -0.1) is 0 Å². The largest absolute Gasteiger partial charge is 0.356 e. The average molecular weight is 181 g/mol. The number of Topliss-reactive ketones (excluding diaryl/α,β-unsaturated/α-hetero) is 1. The maximum absolute atomic E-state index is 11.5. The summed E-state index contributed by atoms with van der Waals surface area (Å²) in [4.78, 5) is 11.5. The minimum atomic E-state index is -0.411. The third kappa shape index (κ3) is 0.891. The van der Waals surface area contributed by atoms with Crippen molar-refractivity contribution in [2.24, 2.45) is 0 Å². The fraction of sp³-hybridized carbons (Fsp3) is 0.900. The SMILES string of the molecule is CC(=O)C12OC1CC[C@@H]1CC[C@H]2N1. The molecule has 0 spiro atoms. The molecule has 0 aliphatic carbocycles. The van der Waals surface area contributed by atoms with Gasteiger partial charge in [0.1, 0.15) is 0 Å². The van der Waals surface area contributed by atoms with Crippen LogP contribution in [0.2, 0.25) is 0 Å². The molecule has 0 amide bonds. The Morgan fingerprint density at radius 1 is 1.38 bits per heavy atom. The topological polar surface area (TPSA) is 41.6 Å². The van der Waals surface area contributed by atoms with Crippen LogP contribution in [-0.4, -0.2) is 29.6 Å². The molecule has 3 aliphatic heterocycles. The highest BCUT2D eigenvalue weighted by molar-refractivity contribution is 5.89. The van der Waals surface area contributed by atoms with Gasteiger partial charge < -0.3 is 10.1 Å². The first-order valence-corrected chi connectivity index (χ1v) is 5.18. The Kier molecular flexibility index (Phi) is 1.43. The summed E-state index contributed by atoms with van der Waals surface area (Å²) in [7, 11) is 0. The predicted molar refractivity (Wildman–Crippen MR) is 47.5 cm³/mol. The molecule has 3 heterocycles. The summed E-state index contributed by atoms with van der Waals surface area (Å²) in [6.07, 6.45) is 4.80. The second-order valence-electron chi connectivity index (χ2n) is 4.53. The van der Waals surface area contributed by atoms with Crippen molar-refractivity contribution in [1.82, 2.24) is 5.32 Å². The van der Waals surface area contributed by atoms with Crippen LogP contribution in [0.15, 0.2) is 0 Å². The van der Waals surface area contributed by atoms with Gasteiger partial charge in [0.15, 0.2) is 11.4 Å². The van der Waals surface area contributed by atoms with Crippen LogP contribution in [0.4, 0.5) is 0 Å². The fourth-order valence-electron chi connectivity index (χ4n) is 3.07. The van der Waals surface area contributed by atoms with Crippen molar-refractivity contribution in [3.63, 3.8) is 0 Å². The molecule has 3 aliphatic rings. The second-order valence-corrected chi connectivity index (χ2v) is 4.53. The normalized spacial score (nSPS) is 52.5. The number of epoxide rings is 1. The minimum Gasteiger partial charge on any atom is -0.356 e. The predicted octanol–water partition coefficient (Wildman–Crippen LogP) is 0.627. The number of fused-ring (bicyclic) bond motifs is 4. The monoisotopic (exact) mass is 181 g/mol. The standard InChI is InChI=1S/C10H15NO2/c1-6(12)10-8-4-2-7(11-8)3-5-9(10)13-10/h7-9,11H,2-5H2,1H3/t7-,8+,9?,10?/m0/s1. The molecule has 2 unspecified atom stereocenters. The minimum absolute atomic E-state index is 0.220. The Hall–Kier alpha value is -0.410. The van der Waals surface area contributed by atoms with Gasteiger partial charge in [0.2, 0.25) is 0 Å². The number of ketones is 1. The Bertz CT molecular complexity index is 266. The summed E-state index contributed by atoms with van der Waals surface area (Å²) in [5.41, 5.74) is -0.411. The van der Waals surface area contributed by atoms with E-state index in [1.54, 1.807) is 6.92 Å². The molecule has 0 aromatic heterocycles. The molecule has 3 nitrogen and oxygen atoms in total. The molecule has 0 aromatic carbocycles. The maximum Gasteiger partial charge on any atom is 0.167 e. The molecule has 3 saturated heterocycles. The zero-order chi connectivity index (χ0) is 9.05. The van der Waals surface area contributed by atoms with Crippen molar-refractivity contribution in [2.45, 2.75) is 56.4 Å². The summed E-state index contributed by atoms with van der Waals surface area (Å²) in [5.74, 6) is 0.220. The molecule has 72 valence electrons. The number of carbonyl (C=O) groups is 1. The van der Waals surface area contributed by atoms with Gasteiger partial charge >= 0.3 is 0 Å². The molecule has 13 heavy (non-hydrogen) atoms. The van der Waals surface area contributed by atoms with Crippen LogP contribution in [0.1, 0.15) is 32.6 Å². The molecular weight excluding hydrogens is 166 g/mol. The number of ether oxygens (including phenoxy) is 1. The van der Waals surface area contributed by atoms with Crippen LogP contribution in [0, 0.1) is 0 Å². The zero-order valence-corrected chi connectivity index (χ0v) is 7.88. The van der Waals surface area contributed by atoms with Crippen molar-refractivity contribution < 1.29 is 9.53 Å². The number of carbonyl (C=O) groups excluding carboxylic acids is 1. The van der Waals surface area contributed by atoms with Crippen molar-refractivity contribution in [1.29, 1.82) is 0 Å². The van der Waals surface area contributed by atoms with E-state index in [9.17, 15) is 4.79 Å². The highest BCUT2D eigenvalue weighted by Gasteiger charge is 2.66. The molecule has 2 bridgehead atoms. The van der Waals surface area contributed by atoms with E-state index in [0.717, 1.165) is 12.8 Å². The molecular formula is C10H15NO2. The van der Waals surface area contributed by atoms with E-state index in [0.29, 0.717) is 12.1 Å². The summed E-state index contributed by atoms with van der Waals surface area (Å²) >= 11 is 0. The van der Waals surface area contributed by atoms with Crippen LogP contribution < -0.4 is 5.32 Å². The van der Waals surface area contributed by atoms with Crippen LogP contribution in [0.25, 0.3) is 0 Å². The van der Waals surface area contributed by atoms with Crippen LogP contribution in [-0.2, 0) is 9.53 Å². The Labute approximate surface area is 77.8 Å². The van der Waals surface area contributed by atoms with E-state index in [2.05, 4.69) is 5.32 Å². The van der Waals surface area contributed by atoms with Crippen LogP contribution in [0.3, 0.4) is 0 Å². The molecule has 0 radical (unpaired) electrons. The first-order chi connectivity index (χ1) is 6.23. The van der Waals surface area contributed by atoms with Crippen molar-refractivity contribution in [2.75, 3.05) is 0 Å². The summed E-state index contributed by atoms with van der Waals surface area (Å²) in [6.45, 7) is 1.67. The lowest BCUT2D eigenvalue weighted by Gasteiger charge is -2.17. The highest BCUT2D eigenvalue weighted by atomic mass is 16.6. The van der Waals surface area contributed by atoms with Crippen molar-refractivity contribution >= 4 is 5.78 Å². The van der Waals surface area contributed by atoms with E-state index in [1.165, 1.54) is 12.8 Å². The van der Waals surface area contributed by atoms with Gasteiger partial charge in [0.05, 0.1) is 6.10 Å². The van der Waals surface area contributed by atoms with E-state index in [-0.39, 0.29) is 11.9 Å². The number of rotatable bonds is 1. The molecule has 4 atom stereocenters. The molecule has 0 aromatic rings. The van der Waals surface area contributed by atoms with Gasteiger partial charge in [0.25, 0.3) is 0 Å². The number of hydrogen-bond donors (Lipinski definition) is 1. The van der Waals surface area contributed by atoms with Gasteiger partial charge in [-0.05, 0) is 32.6 Å². The molecule has 1 N–H and O–H groups in total. The molecule has 3 rings (SSSR count). The summed E-state index contributed by atoms with van der Waals surface area (Å²) in [5, 5.41) is 3.52.